The van der Waals surface area contributed by atoms with Gasteiger partial charge in [-0.3, -0.25) is 34.3 Å². The molecule has 8 fully saturated rings. The second kappa shape index (κ2) is 28.6. The third kappa shape index (κ3) is 24.4. The van der Waals surface area contributed by atoms with E-state index in [0.717, 1.165) is 56.1 Å². The highest BCUT2D eigenvalue weighted by molar-refractivity contribution is 5.00. The predicted molar refractivity (Wildman–Crippen MR) is 320 cm³/mol. The Kier molecular flexibility index (Phi) is 26.9. The molecule has 8 saturated heterocycles. The Morgan fingerprint density at radius 3 is 0.921 bits per heavy atom. The number of piperidine rings is 3. The Balaban J connectivity index is 0.000000304. The lowest BCUT2D eigenvalue weighted by molar-refractivity contribution is -0.0713. The van der Waals surface area contributed by atoms with Crippen molar-refractivity contribution in [2.24, 2.45) is 0 Å². The molecule has 0 aromatic heterocycles. The molecular formula is C64H128F5N7. The van der Waals surface area contributed by atoms with Crippen molar-refractivity contribution in [3.05, 3.63) is 0 Å². The molecule has 0 radical (unpaired) electrons. The number of rotatable bonds is 0. The van der Waals surface area contributed by atoms with Crippen LogP contribution in [0.4, 0.5) is 22.0 Å². The van der Waals surface area contributed by atoms with Crippen molar-refractivity contribution in [2.45, 2.75) is 362 Å². The number of nitrogens with zero attached hydrogens (tertiary/aromatic N) is 7. The Morgan fingerprint density at radius 1 is 0.329 bits per heavy atom. The van der Waals surface area contributed by atoms with Crippen molar-refractivity contribution in [2.75, 3.05) is 52.4 Å². The first kappa shape index (κ1) is 71.5. The maximum Gasteiger partial charge on any atom is 0.262 e. The van der Waals surface area contributed by atoms with E-state index < -0.39 is 18.0 Å². The summed E-state index contributed by atoms with van der Waals surface area (Å²) in [5.41, 5.74) is 1.70. The molecule has 0 aromatic carbocycles. The molecule has 8 aliphatic heterocycles. The van der Waals surface area contributed by atoms with E-state index in [9.17, 15) is 22.0 Å². The van der Waals surface area contributed by atoms with Crippen molar-refractivity contribution in [3.8, 4) is 0 Å². The molecule has 8 rings (SSSR count). The maximum absolute atomic E-state index is 12.9. The van der Waals surface area contributed by atoms with Gasteiger partial charge in [-0.1, -0.05) is 6.42 Å². The van der Waals surface area contributed by atoms with Crippen LogP contribution < -0.4 is 0 Å². The average molecular weight is 1090 g/mol. The molecule has 2 bridgehead atoms. The van der Waals surface area contributed by atoms with E-state index in [0.29, 0.717) is 35.2 Å². The van der Waals surface area contributed by atoms with Gasteiger partial charge in [-0.05, 0) is 257 Å². The van der Waals surface area contributed by atoms with Crippen LogP contribution in [0.1, 0.15) is 269 Å². The second-order valence-electron chi connectivity index (χ2n) is 31.7. The SMILES string of the molecule is CC(C)(C)N1C2CCC1CC2.CC(C)(C)N1CCC(F)(F)CC1.CC(C)(C)N1CCC(F)CC1.C[C@H]1CC(F)(F)CN1C(C)(C)C.C[C@H]1CCCCN1C(C)(C)C.C[C@H]1CCCN1C(C)(C)C.C[C@H]1CCN1C(C)(C)C. The first-order chi connectivity index (χ1) is 34.2. The minimum Gasteiger partial charge on any atom is -0.298 e. The third-order valence-corrected chi connectivity index (χ3v) is 17.7. The van der Waals surface area contributed by atoms with Crippen LogP contribution in [-0.4, -0.2) is 180 Å². The first-order valence-electron chi connectivity index (χ1n) is 30.9. The Bertz CT molecular complexity index is 1590. The van der Waals surface area contributed by atoms with E-state index in [1.807, 2.05) is 32.6 Å². The second-order valence-corrected chi connectivity index (χ2v) is 31.7. The summed E-state index contributed by atoms with van der Waals surface area (Å²) >= 11 is 0. The third-order valence-electron chi connectivity index (χ3n) is 17.7. The van der Waals surface area contributed by atoms with E-state index in [-0.39, 0.29) is 48.5 Å². The zero-order valence-corrected chi connectivity index (χ0v) is 54.8. The smallest absolute Gasteiger partial charge is 0.262 e. The normalized spacial score (nSPS) is 29.6. The van der Waals surface area contributed by atoms with Crippen LogP contribution in [0.2, 0.25) is 0 Å². The highest BCUT2D eigenvalue weighted by atomic mass is 19.3. The largest absolute Gasteiger partial charge is 0.298 e. The molecular weight excluding hydrogens is 962 g/mol. The molecule has 454 valence electrons. The van der Waals surface area contributed by atoms with Gasteiger partial charge < -0.3 is 0 Å². The summed E-state index contributed by atoms with van der Waals surface area (Å²) < 4.78 is 64.1. The molecule has 0 N–H and O–H groups in total. The van der Waals surface area contributed by atoms with E-state index in [2.05, 4.69) is 175 Å². The van der Waals surface area contributed by atoms with Gasteiger partial charge in [0, 0.05) is 127 Å². The van der Waals surface area contributed by atoms with Gasteiger partial charge in [0.1, 0.15) is 6.17 Å². The Morgan fingerprint density at radius 2 is 0.684 bits per heavy atom. The van der Waals surface area contributed by atoms with Crippen LogP contribution in [-0.2, 0) is 0 Å². The van der Waals surface area contributed by atoms with Crippen molar-refractivity contribution in [1.29, 1.82) is 0 Å². The van der Waals surface area contributed by atoms with E-state index in [1.54, 1.807) is 0 Å². The maximum atomic E-state index is 12.9. The number of likely N-dealkylation sites (tertiary alicyclic amines) is 6. The molecule has 0 amide bonds. The molecule has 8 aliphatic rings. The molecule has 7 nitrogen and oxygen atoms in total. The van der Waals surface area contributed by atoms with Crippen LogP contribution in [0.5, 0.6) is 0 Å². The fraction of sp³-hybridized carbons (Fsp3) is 1.00. The van der Waals surface area contributed by atoms with Gasteiger partial charge in [0.15, 0.2) is 0 Å². The standard InChI is InChI=1S/C10H19N.C10H21N.2C9H17F2N.C9H18FN.C9H19N.C8H17N/c1-10(2,3)11-8-4-5-9(11)7-6-8;1-9-7-5-6-8-11(9)10(2,3)4;1-7-5-9(10,11)6-12(7)8(2,3)4;1-8(2,3)12-6-4-9(10,11)5-7-12;1-9(2,3)11-6-4-8(10)5-7-11;1-8-6-5-7-10(8)9(2,3)4;1-7-5-6-9(7)8(2,3)4/h8-9H,4-7H2,1-3H3;9H,5-8H2,1-4H3;7H,5-6H2,1-4H3;4-7H2,1-3H3;8H,4-7H2,1-3H3;8H,5-7H2,1-4H3;7H,5-6H2,1-4H3/t;9-;7-;;;8-;7-/m.00..00/s1. The summed E-state index contributed by atoms with van der Waals surface area (Å²) in [6.45, 7) is 62.0. The molecule has 0 aliphatic carbocycles. The minimum absolute atomic E-state index is 0.000000000000000444. The first-order valence-corrected chi connectivity index (χ1v) is 30.9. The number of hydrogen-bond acceptors (Lipinski definition) is 7. The summed E-state index contributed by atoms with van der Waals surface area (Å²) in [6.07, 6.45) is 15.1. The summed E-state index contributed by atoms with van der Waals surface area (Å²) in [5.74, 6) is -4.89. The van der Waals surface area contributed by atoms with Crippen LogP contribution in [0, 0.1) is 0 Å². The lowest BCUT2D eigenvalue weighted by atomic mass is 9.95. The topological polar surface area (TPSA) is 22.7 Å². The lowest BCUT2D eigenvalue weighted by Gasteiger charge is -2.48. The fourth-order valence-electron chi connectivity index (χ4n) is 13.5. The molecule has 0 spiro atoms. The average Bonchev–Trinajstić information content (AvgIpc) is 4.03. The number of alkyl halides is 5. The van der Waals surface area contributed by atoms with Crippen molar-refractivity contribution >= 4 is 0 Å². The van der Waals surface area contributed by atoms with Gasteiger partial charge in [-0.15, -0.1) is 0 Å². The van der Waals surface area contributed by atoms with Gasteiger partial charge in [-0.25, -0.2) is 22.0 Å². The molecule has 0 aromatic rings. The Hall–Kier alpha value is -0.630. The predicted octanol–water partition coefficient (Wildman–Crippen LogP) is 16.5. The summed E-state index contributed by atoms with van der Waals surface area (Å²) in [6, 6.07) is 4.29. The van der Waals surface area contributed by atoms with Crippen LogP contribution in [0.3, 0.4) is 0 Å². The monoisotopic (exact) mass is 1090 g/mol. The van der Waals surface area contributed by atoms with Crippen LogP contribution >= 0.6 is 0 Å². The van der Waals surface area contributed by atoms with Gasteiger partial charge in [0.25, 0.3) is 11.8 Å². The zero-order chi connectivity index (χ0) is 58.8. The Labute approximate surface area is 469 Å². The van der Waals surface area contributed by atoms with Gasteiger partial charge in [0.05, 0.1) is 6.54 Å². The summed E-state index contributed by atoms with van der Waals surface area (Å²) in [4.78, 5) is 16.8. The lowest BCUT2D eigenvalue weighted by Crippen LogP contribution is -2.55. The molecule has 8 heterocycles. The highest BCUT2D eigenvalue weighted by Gasteiger charge is 2.47. The van der Waals surface area contributed by atoms with Crippen molar-refractivity contribution in [1.82, 2.24) is 34.3 Å². The quantitative estimate of drug-likeness (QED) is 0.223. The summed E-state index contributed by atoms with van der Waals surface area (Å²) in [5, 5.41) is 0. The summed E-state index contributed by atoms with van der Waals surface area (Å²) in [7, 11) is 0. The van der Waals surface area contributed by atoms with E-state index in [4.69, 9.17) is 0 Å². The number of fused-ring (bicyclic) bond motifs is 2. The van der Waals surface area contributed by atoms with Crippen molar-refractivity contribution in [3.63, 3.8) is 0 Å². The van der Waals surface area contributed by atoms with Crippen LogP contribution in [0.25, 0.3) is 0 Å². The van der Waals surface area contributed by atoms with E-state index in [1.165, 1.54) is 83.8 Å². The highest BCUT2D eigenvalue weighted by Crippen LogP contribution is 2.42. The van der Waals surface area contributed by atoms with E-state index >= 15 is 0 Å². The number of halogens is 5. The minimum atomic E-state index is -2.48. The molecule has 12 heteroatoms. The van der Waals surface area contributed by atoms with Crippen molar-refractivity contribution < 1.29 is 22.0 Å². The molecule has 0 saturated carbocycles. The number of hydrogen-bond donors (Lipinski definition) is 0. The van der Waals surface area contributed by atoms with Gasteiger partial charge in [0.2, 0.25) is 0 Å². The molecule has 76 heavy (non-hydrogen) atoms. The van der Waals surface area contributed by atoms with Crippen LogP contribution in [0.15, 0.2) is 0 Å². The molecule has 4 atom stereocenters. The van der Waals surface area contributed by atoms with Gasteiger partial charge >= 0.3 is 0 Å². The molecule has 0 unspecified atom stereocenters. The fourth-order valence-corrected chi connectivity index (χ4v) is 13.5. The van der Waals surface area contributed by atoms with Gasteiger partial charge in [-0.2, -0.15) is 0 Å². The zero-order valence-electron chi connectivity index (χ0n) is 54.8.